The number of rotatable bonds is 3. The molecule has 0 fully saturated rings. The molecule has 136 valence electrons. The zero-order valence-corrected chi connectivity index (χ0v) is 15.2. The molecule has 6 heteroatoms. The quantitative estimate of drug-likeness (QED) is 0.906. The third-order valence-electron chi connectivity index (χ3n) is 3.71. The summed E-state index contributed by atoms with van der Waals surface area (Å²) in [5, 5.41) is 0. The van der Waals surface area contributed by atoms with Gasteiger partial charge in [0.2, 0.25) is 0 Å². The lowest BCUT2D eigenvalue weighted by atomic mass is 10.1. The van der Waals surface area contributed by atoms with Crippen LogP contribution in [0, 0.1) is 0 Å². The lowest BCUT2D eigenvalue weighted by Gasteiger charge is -2.20. The van der Waals surface area contributed by atoms with E-state index in [4.69, 9.17) is 15.2 Å². The first kappa shape index (κ1) is 17.8. The SMILES string of the molecule is CC(C)(C)OC(=O)n1cccc1-c1cc(OC2C=CC(N)=CC2)ccn1. The van der Waals surface area contributed by atoms with E-state index in [-0.39, 0.29) is 6.10 Å². The maximum Gasteiger partial charge on any atom is 0.419 e. The van der Waals surface area contributed by atoms with Gasteiger partial charge in [-0.15, -0.1) is 0 Å². The summed E-state index contributed by atoms with van der Waals surface area (Å²) >= 11 is 0. The zero-order valence-electron chi connectivity index (χ0n) is 15.2. The van der Waals surface area contributed by atoms with E-state index in [1.165, 1.54) is 4.57 Å². The van der Waals surface area contributed by atoms with Crippen LogP contribution in [-0.2, 0) is 4.74 Å². The van der Waals surface area contributed by atoms with Gasteiger partial charge < -0.3 is 15.2 Å². The Morgan fingerprint density at radius 1 is 1.35 bits per heavy atom. The van der Waals surface area contributed by atoms with Crippen molar-refractivity contribution in [2.75, 3.05) is 0 Å². The minimum absolute atomic E-state index is 0.0739. The van der Waals surface area contributed by atoms with Crippen molar-refractivity contribution >= 4 is 6.09 Å². The van der Waals surface area contributed by atoms with Crippen molar-refractivity contribution in [2.45, 2.75) is 38.9 Å². The summed E-state index contributed by atoms with van der Waals surface area (Å²) in [4.78, 5) is 16.8. The molecule has 2 aromatic rings. The third-order valence-corrected chi connectivity index (χ3v) is 3.71. The van der Waals surface area contributed by atoms with Gasteiger partial charge in [-0.1, -0.05) is 6.08 Å². The fourth-order valence-corrected chi connectivity index (χ4v) is 2.56. The highest BCUT2D eigenvalue weighted by Gasteiger charge is 2.20. The lowest BCUT2D eigenvalue weighted by Crippen LogP contribution is -2.27. The van der Waals surface area contributed by atoms with Crippen molar-refractivity contribution in [3.63, 3.8) is 0 Å². The molecule has 0 aliphatic heterocycles. The van der Waals surface area contributed by atoms with Crippen molar-refractivity contribution < 1.29 is 14.3 Å². The number of hydrogen-bond donors (Lipinski definition) is 1. The Morgan fingerprint density at radius 3 is 2.85 bits per heavy atom. The number of ether oxygens (including phenoxy) is 2. The smallest absolute Gasteiger partial charge is 0.419 e. The first-order valence-corrected chi connectivity index (χ1v) is 8.49. The van der Waals surface area contributed by atoms with Crippen LogP contribution >= 0.6 is 0 Å². The summed E-state index contributed by atoms with van der Waals surface area (Å²) in [6.07, 6.45) is 9.22. The molecule has 0 aromatic carbocycles. The van der Waals surface area contributed by atoms with E-state index in [1.54, 1.807) is 24.5 Å². The summed E-state index contributed by atoms with van der Waals surface area (Å²) in [5.41, 5.74) is 7.18. The Bertz CT molecular complexity index is 859. The highest BCUT2D eigenvalue weighted by molar-refractivity contribution is 5.78. The van der Waals surface area contributed by atoms with Crippen LogP contribution in [0.15, 0.2) is 60.6 Å². The average Bonchev–Trinajstić information content (AvgIpc) is 3.06. The molecule has 2 aromatic heterocycles. The number of carbonyl (C=O) groups excluding carboxylic acids is 1. The Morgan fingerprint density at radius 2 is 2.15 bits per heavy atom. The van der Waals surface area contributed by atoms with E-state index >= 15 is 0 Å². The van der Waals surface area contributed by atoms with Gasteiger partial charge in [-0.2, -0.15) is 0 Å². The minimum atomic E-state index is -0.570. The molecule has 0 saturated carbocycles. The molecule has 1 aliphatic rings. The van der Waals surface area contributed by atoms with E-state index in [0.717, 1.165) is 5.70 Å². The first-order chi connectivity index (χ1) is 12.3. The lowest BCUT2D eigenvalue weighted by molar-refractivity contribution is 0.0540. The van der Waals surface area contributed by atoms with E-state index in [9.17, 15) is 4.79 Å². The fraction of sp³-hybridized carbons (Fsp3) is 0.300. The number of nitrogens with zero attached hydrogens (tertiary/aromatic N) is 2. The predicted molar refractivity (Wildman–Crippen MR) is 99.7 cm³/mol. The maximum atomic E-state index is 12.4. The molecule has 0 radical (unpaired) electrons. The molecule has 0 spiro atoms. The largest absolute Gasteiger partial charge is 0.486 e. The summed E-state index contributed by atoms with van der Waals surface area (Å²) in [7, 11) is 0. The molecule has 0 bridgehead atoms. The van der Waals surface area contributed by atoms with E-state index < -0.39 is 11.7 Å². The molecule has 2 heterocycles. The Hall–Kier alpha value is -3.02. The normalized spacial score (nSPS) is 16.9. The van der Waals surface area contributed by atoms with Crippen molar-refractivity contribution in [1.82, 2.24) is 9.55 Å². The van der Waals surface area contributed by atoms with Crippen molar-refractivity contribution in [1.29, 1.82) is 0 Å². The molecule has 26 heavy (non-hydrogen) atoms. The van der Waals surface area contributed by atoms with Crippen LogP contribution in [0.5, 0.6) is 5.75 Å². The van der Waals surface area contributed by atoms with E-state index in [2.05, 4.69) is 4.98 Å². The number of pyridine rings is 1. The zero-order chi connectivity index (χ0) is 18.7. The molecule has 2 N–H and O–H groups in total. The van der Waals surface area contributed by atoms with E-state index in [0.29, 0.717) is 23.6 Å². The molecule has 3 rings (SSSR count). The molecule has 1 atom stereocenters. The maximum absolute atomic E-state index is 12.4. The van der Waals surface area contributed by atoms with Crippen LogP contribution in [0.2, 0.25) is 0 Å². The van der Waals surface area contributed by atoms with Gasteiger partial charge >= 0.3 is 6.09 Å². The van der Waals surface area contributed by atoms with Gasteiger partial charge in [-0.25, -0.2) is 4.79 Å². The average molecular weight is 353 g/mol. The summed E-state index contributed by atoms with van der Waals surface area (Å²) in [6.45, 7) is 5.50. The van der Waals surface area contributed by atoms with Crippen LogP contribution in [0.3, 0.4) is 0 Å². The Kier molecular flexibility index (Phi) is 4.84. The summed E-state index contributed by atoms with van der Waals surface area (Å²) < 4.78 is 12.9. The topological polar surface area (TPSA) is 79.4 Å². The highest BCUT2D eigenvalue weighted by Crippen LogP contribution is 2.25. The van der Waals surface area contributed by atoms with Crippen molar-refractivity contribution in [3.8, 4) is 17.1 Å². The second kappa shape index (κ2) is 7.07. The molecule has 0 amide bonds. The van der Waals surface area contributed by atoms with Gasteiger partial charge in [-0.3, -0.25) is 9.55 Å². The highest BCUT2D eigenvalue weighted by atomic mass is 16.6. The molecular weight excluding hydrogens is 330 g/mol. The fourth-order valence-electron chi connectivity index (χ4n) is 2.56. The van der Waals surface area contributed by atoms with Crippen LogP contribution in [-0.4, -0.2) is 27.3 Å². The van der Waals surface area contributed by atoms with Gasteiger partial charge in [0.25, 0.3) is 0 Å². The third kappa shape index (κ3) is 4.33. The first-order valence-electron chi connectivity index (χ1n) is 8.49. The number of allylic oxidation sites excluding steroid dienone is 1. The van der Waals surface area contributed by atoms with Gasteiger partial charge in [-0.05, 0) is 51.1 Å². The van der Waals surface area contributed by atoms with Crippen LogP contribution in [0.25, 0.3) is 11.4 Å². The molecule has 6 nitrogen and oxygen atoms in total. The molecule has 1 aliphatic carbocycles. The van der Waals surface area contributed by atoms with Gasteiger partial charge in [0, 0.05) is 30.6 Å². The van der Waals surface area contributed by atoms with Crippen LogP contribution in [0.1, 0.15) is 27.2 Å². The second-order valence-electron chi connectivity index (χ2n) is 7.08. The number of aromatic nitrogens is 2. The number of hydrogen-bond acceptors (Lipinski definition) is 5. The standard InChI is InChI=1S/C20H23N3O3/c1-20(2,3)26-19(24)23-12-4-5-18(23)17-13-16(10-11-22-17)25-15-8-6-14(21)7-9-15/h4-8,10-13,15H,9,21H2,1-3H3. The number of nitrogens with two attached hydrogens (primary N) is 1. The Balaban J connectivity index is 1.80. The van der Waals surface area contributed by atoms with Crippen LogP contribution in [0.4, 0.5) is 4.79 Å². The second-order valence-corrected chi connectivity index (χ2v) is 7.08. The monoisotopic (exact) mass is 353 g/mol. The summed E-state index contributed by atoms with van der Waals surface area (Å²) in [5.74, 6) is 0.676. The van der Waals surface area contributed by atoms with Crippen molar-refractivity contribution in [2.24, 2.45) is 5.73 Å². The van der Waals surface area contributed by atoms with Gasteiger partial charge in [0.05, 0.1) is 11.4 Å². The van der Waals surface area contributed by atoms with Gasteiger partial charge in [0.15, 0.2) is 0 Å². The van der Waals surface area contributed by atoms with Crippen molar-refractivity contribution in [3.05, 3.63) is 60.6 Å². The Labute approximate surface area is 152 Å². The predicted octanol–water partition coefficient (Wildman–Crippen LogP) is 3.88. The molecule has 0 saturated heterocycles. The van der Waals surface area contributed by atoms with Gasteiger partial charge in [0.1, 0.15) is 17.5 Å². The number of carbonyl (C=O) groups is 1. The molecule has 1 unspecified atom stereocenters. The minimum Gasteiger partial charge on any atom is -0.486 e. The van der Waals surface area contributed by atoms with E-state index in [1.807, 2.05) is 51.1 Å². The molecular formula is C20H23N3O3. The van der Waals surface area contributed by atoms with Crippen LogP contribution < -0.4 is 10.5 Å². The summed E-state index contributed by atoms with van der Waals surface area (Å²) in [6, 6.07) is 7.21.